The van der Waals surface area contributed by atoms with Crippen molar-refractivity contribution in [3.05, 3.63) is 36.4 Å². The summed E-state index contributed by atoms with van der Waals surface area (Å²) in [4.78, 5) is 13.3. The summed E-state index contributed by atoms with van der Waals surface area (Å²) in [5.74, 6) is -1.56. The van der Waals surface area contributed by atoms with Crippen LogP contribution in [-0.4, -0.2) is 52.7 Å². The lowest BCUT2D eigenvalue weighted by Crippen LogP contribution is -2.44. The van der Waals surface area contributed by atoms with Crippen molar-refractivity contribution in [2.24, 2.45) is 5.92 Å². The van der Waals surface area contributed by atoms with Gasteiger partial charge in [0, 0.05) is 30.6 Å². The first-order chi connectivity index (χ1) is 14.1. The fourth-order valence-corrected chi connectivity index (χ4v) is 4.95. The number of nitrogens with zero attached hydrogens (tertiary/aromatic N) is 1. The van der Waals surface area contributed by atoms with E-state index in [9.17, 15) is 18.3 Å². The normalized spacial score (nSPS) is 15.4. The summed E-state index contributed by atoms with van der Waals surface area (Å²) in [7, 11) is -0.203. The number of carboxylic acids is 1. The second-order valence-electron chi connectivity index (χ2n) is 8.01. The van der Waals surface area contributed by atoms with Crippen LogP contribution in [0.15, 0.2) is 41.3 Å². The topological polar surface area (TPSA) is 98.7 Å². The molecule has 30 heavy (non-hydrogen) atoms. The quantitative estimate of drug-likeness (QED) is 0.645. The van der Waals surface area contributed by atoms with E-state index in [0.717, 1.165) is 11.1 Å². The Bertz CT molecular complexity index is 942. The predicted molar refractivity (Wildman–Crippen MR) is 122 cm³/mol. The molecule has 1 aliphatic rings. The molecule has 0 saturated carbocycles. The monoisotopic (exact) mass is 435 g/mol. The van der Waals surface area contributed by atoms with Gasteiger partial charge in [0.2, 0.25) is 10.0 Å². The number of hydrogen-bond acceptors (Lipinski definition) is 5. The van der Waals surface area contributed by atoms with Gasteiger partial charge in [-0.3, -0.25) is 4.79 Å². The molecular formula is C22H33N3O4S. The van der Waals surface area contributed by atoms with Crippen molar-refractivity contribution in [3.8, 4) is 0 Å². The van der Waals surface area contributed by atoms with Crippen molar-refractivity contribution in [3.63, 3.8) is 0 Å². The minimum atomic E-state index is -3.97. The summed E-state index contributed by atoms with van der Waals surface area (Å²) < 4.78 is 27.8. The molecule has 0 aromatic heterocycles. The van der Waals surface area contributed by atoms with Crippen molar-refractivity contribution in [2.75, 3.05) is 32.1 Å². The molecule has 8 heteroatoms. The van der Waals surface area contributed by atoms with Crippen molar-refractivity contribution < 1.29 is 18.3 Å². The highest BCUT2D eigenvalue weighted by Gasteiger charge is 2.29. The lowest BCUT2D eigenvalue weighted by molar-refractivity contribution is -0.140. The number of sulfonamides is 1. The Morgan fingerprint density at radius 1 is 1.03 bits per heavy atom. The molecule has 1 saturated heterocycles. The molecule has 0 radical (unpaired) electrons. The van der Waals surface area contributed by atoms with Crippen LogP contribution < -0.4 is 14.9 Å². The van der Waals surface area contributed by atoms with E-state index >= 15 is 0 Å². The lowest BCUT2D eigenvalue weighted by atomic mass is 10.1. The zero-order chi connectivity index (χ0) is 22.3. The number of piperidine rings is 1. The Morgan fingerprint density at radius 2 is 1.63 bits per heavy atom. The first-order valence-corrected chi connectivity index (χ1v) is 11.8. The van der Waals surface area contributed by atoms with Gasteiger partial charge in [-0.25, -0.2) is 8.42 Å². The van der Waals surface area contributed by atoms with E-state index in [1.165, 1.54) is 38.4 Å². The average Bonchev–Trinajstić information content (AvgIpc) is 2.72. The number of benzene rings is 2. The van der Waals surface area contributed by atoms with Gasteiger partial charge in [-0.15, -0.1) is 0 Å². The SMILES string of the molecule is C1CCNCC1.CC(C)[C@H](NS(=O)(=O)c1cccc2c(N(C)C)cccc12)C(=O)O. The summed E-state index contributed by atoms with van der Waals surface area (Å²) in [6.07, 6.45) is 4.22. The minimum absolute atomic E-state index is 0.0793. The van der Waals surface area contributed by atoms with Gasteiger partial charge in [-0.05, 0) is 44.0 Å². The van der Waals surface area contributed by atoms with Crippen LogP contribution >= 0.6 is 0 Å². The molecule has 0 amide bonds. The van der Waals surface area contributed by atoms with Gasteiger partial charge in [-0.2, -0.15) is 4.72 Å². The molecular weight excluding hydrogens is 402 g/mol. The first-order valence-electron chi connectivity index (χ1n) is 10.3. The highest BCUT2D eigenvalue weighted by molar-refractivity contribution is 7.89. The van der Waals surface area contributed by atoms with Gasteiger partial charge in [0.1, 0.15) is 6.04 Å². The third-order valence-corrected chi connectivity index (χ3v) is 6.55. The molecule has 7 nitrogen and oxygen atoms in total. The molecule has 1 heterocycles. The number of hydrogen-bond donors (Lipinski definition) is 3. The zero-order valence-corrected chi connectivity index (χ0v) is 19.0. The molecule has 166 valence electrons. The van der Waals surface area contributed by atoms with Crippen LogP contribution in [0.5, 0.6) is 0 Å². The predicted octanol–water partition coefficient (Wildman–Crippen LogP) is 3.05. The third kappa shape index (κ3) is 6.17. The largest absolute Gasteiger partial charge is 0.480 e. The maximum Gasteiger partial charge on any atom is 0.322 e. The second-order valence-corrected chi connectivity index (χ2v) is 9.70. The van der Waals surface area contributed by atoms with Crippen molar-refractivity contribution >= 4 is 32.5 Å². The Hall–Kier alpha value is -2.16. The van der Waals surface area contributed by atoms with E-state index < -0.39 is 22.0 Å². The van der Waals surface area contributed by atoms with Crippen LogP contribution in [-0.2, 0) is 14.8 Å². The van der Waals surface area contributed by atoms with E-state index in [4.69, 9.17) is 0 Å². The standard InChI is InChI=1S/C17H22N2O4S.C5H11N/c1-11(2)16(17(20)21)18-24(22,23)15-10-6-7-12-13(15)8-5-9-14(12)19(3)4;1-2-4-6-5-3-1/h5-11,16,18H,1-4H3,(H,20,21);6H,1-5H2/t16-;/m0./s1. The molecule has 0 spiro atoms. The number of carbonyl (C=O) groups is 1. The van der Waals surface area contributed by atoms with Crippen LogP contribution in [0.4, 0.5) is 5.69 Å². The molecule has 0 aliphatic carbocycles. The van der Waals surface area contributed by atoms with E-state index in [1.54, 1.807) is 32.0 Å². The molecule has 3 N–H and O–H groups in total. The van der Waals surface area contributed by atoms with E-state index in [0.29, 0.717) is 5.39 Å². The highest BCUT2D eigenvalue weighted by atomic mass is 32.2. The summed E-state index contributed by atoms with van der Waals surface area (Å²) in [6.45, 7) is 5.82. The van der Waals surface area contributed by atoms with Crippen LogP contribution in [0.3, 0.4) is 0 Å². The molecule has 0 unspecified atom stereocenters. The Morgan fingerprint density at radius 3 is 2.10 bits per heavy atom. The smallest absolute Gasteiger partial charge is 0.322 e. The highest BCUT2D eigenvalue weighted by Crippen LogP contribution is 2.30. The molecule has 2 aromatic carbocycles. The van der Waals surface area contributed by atoms with Crippen LogP contribution in [0.25, 0.3) is 10.8 Å². The van der Waals surface area contributed by atoms with E-state index in [1.807, 2.05) is 31.1 Å². The minimum Gasteiger partial charge on any atom is -0.480 e. The van der Waals surface area contributed by atoms with E-state index in [-0.39, 0.29) is 10.8 Å². The van der Waals surface area contributed by atoms with Gasteiger partial charge in [0.25, 0.3) is 0 Å². The fourth-order valence-electron chi connectivity index (χ4n) is 3.39. The van der Waals surface area contributed by atoms with Crippen LogP contribution in [0.1, 0.15) is 33.1 Å². The number of nitrogens with one attached hydrogen (secondary N) is 2. The zero-order valence-electron chi connectivity index (χ0n) is 18.2. The van der Waals surface area contributed by atoms with Crippen LogP contribution in [0.2, 0.25) is 0 Å². The number of anilines is 1. The van der Waals surface area contributed by atoms with Crippen molar-refractivity contribution in [1.82, 2.24) is 10.0 Å². The van der Waals surface area contributed by atoms with Gasteiger partial charge in [0.05, 0.1) is 4.90 Å². The fraction of sp³-hybridized carbons (Fsp3) is 0.500. The summed E-state index contributed by atoms with van der Waals surface area (Å²) in [5.41, 5.74) is 0.892. The van der Waals surface area contributed by atoms with Crippen molar-refractivity contribution in [2.45, 2.75) is 44.0 Å². The second kappa shape index (κ2) is 10.7. The Labute approximate surface area is 179 Å². The van der Waals surface area contributed by atoms with E-state index in [2.05, 4.69) is 10.0 Å². The van der Waals surface area contributed by atoms with Crippen molar-refractivity contribution in [1.29, 1.82) is 0 Å². The molecule has 1 atom stereocenters. The molecule has 2 aromatic rings. The summed E-state index contributed by atoms with van der Waals surface area (Å²) in [5, 5.41) is 13.9. The first kappa shape index (κ1) is 24.1. The maximum atomic E-state index is 12.8. The van der Waals surface area contributed by atoms with Gasteiger partial charge >= 0.3 is 5.97 Å². The molecule has 1 fully saturated rings. The molecule has 0 bridgehead atoms. The summed E-state index contributed by atoms with van der Waals surface area (Å²) >= 11 is 0. The number of aliphatic carboxylic acids is 1. The van der Waals surface area contributed by atoms with Crippen LogP contribution in [0, 0.1) is 5.92 Å². The molecule has 1 aliphatic heterocycles. The number of carboxylic acid groups (broad SMARTS) is 1. The third-order valence-electron chi connectivity index (χ3n) is 5.05. The summed E-state index contributed by atoms with van der Waals surface area (Å²) in [6, 6.07) is 9.23. The van der Waals surface area contributed by atoms with Gasteiger partial charge in [-0.1, -0.05) is 44.5 Å². The Balaban J connectivity index is 0.000000456. The Kier molecular flexibility index (Phi) is 8.64. The van der Waals surface area contributed by atoms with Gasteiger partial charge in [0.15, 0.2) is 0 Å². The van der Waals surface area contributed by atoms with Gasteiger partial charge < -0.3 is 15.3 Å². The maximum absolute atomic E-state index is 12.8. The molecule has 3 rings (SSSR count). The number of rotatable bonds is 6. The lowest BCUT2D eigenvalue weighted by Gasteiger charge is -2.20. The average molecular weight is 436 g/mol. The number of fused-ring (bicyclic) bond motifs is 1.